The number of hydrogen-bond acceptors (Lipinski definition) is 3. The van der Waals surface area contributed by atoms with Gasteiger partial charge in [0, 0.05) is 6.42 Å². The molecule has 1 aliphatic heterocycles. The lowest BCUT2D eigenvalue weighted by Gasteiger charge is -2.27. The zero-order valence-electron chi connectivity index (χ0n) is 11.5. The molecule has 1 N–H and O–H groups in total. The van der Waals surface area contributed by atoms with Crippen LogP contribution in [0.4, 0.5) is 0 Å². The van der Waals surface area contributed by atoms with Crippen LogP contribution in [-0.4, -0.2) is 25.7 Å². The summed E-state index contributed by atoms with van der Waals surface area (Å²) in [5, 5.41) is 3.39. The summed E-state index contributed by atoms with van der Waals surface area (Å²) < 4.78 is 5.25. The van der Waals surface area contributed by atoms with Gasteiger partial charge in [-0.05, 0) is 50.1 Å². The molecule has 0 amide bonds. The first-order valence-corrected chi connectivity index (χ1v) is 6.96. The van der Waals surface area contributed by atoms with Crippen LogP contribution in [0.25, 0.3) is 0 Å². The molecule has 17 heavy (non-hydrogen) atoms. The van der Waals surface area contributed by atoms with Crippen molar-refractivity contribution in [2.45, 2.75) is 46.5 Å². The Bertz CT molecular complexity index is 222. The lowest BCUT2D eigenvalue weighted by Crippen LogP contribution is -2.34. The molecule has 0 aromatic rings. The lowest BCUT2D eigenvalue weighted by atomic mass is 9.85. The van der Waals surface area contributed by atoms with Crippen molar-refractivity contribution >= 4 is 5.97 Å². The van der Waals surface area contributed by atoms with Crippen LogP contribution in [0.3, 0.4) is 0 Å². The van der Waals surface area contributed by atoms with Crippen molar-refractivity contribution in [3.05, 3.63) is 0 Å². The largest absolute Gasteiger partial charge is 0.466 e. The Kier molecular flexibility index (Phi) is 6.56. The molecule has 0 spiro atoms. The first-order chi connectivity index (χ1) is 8.09. The van der Waals surface area contributed by atoms with Gasteiger partial charge in [0.25, 0.3) is 0 Å². The van der Waals surface area contributed by atoms with Gasteiger partial charge in [-0.1, -0.05) is 20.8 Å². The van der Waals surface area contributed by atoms with E-state index >= 15 is 0 Å². The molecule has 0 radical (unpaired) electrons. The minimum absolute atomic E-state index is 0.0243. The number of esters is 1. The first kappa shape index (κ1) is 14.5. The number of nitrogens with one attached hydrogen (secondary N) is 1. The molecule has 1 rings (SSSR count). The van der Waals surface area contributed by atoms with Gasteiger partial charge < -0.3 is 10.1 Å². The molecule has 3 heteroatoms. The van der Waals surface area contributed by atoms with Gasteiger partial charge in [-0.3, -0.25) is 4.79 Å². The molecule has 0 aromatic carbocycles. The molecule has 100 valence electrons. The average Bonchev–Trinajstić information content (AvgIpc) is 2.29. The highest BCUT2D eigenvalue weighted by Crippen LogP contribution is 2.22. The highest BCUT2D eigenvalue weighted by atomic mass is 16.5. The Labute approximate surface area is 105 Å². The molecule has 0 aliphatic carbocycles. The van der Waals surface area contributed by atoms with Crippen LogP contribution in [0.15, 0.2) is 0 Å². The number of piperidine rings is 1. The topological polar surface area (TPSA) is 38.3 Å². The Morgan fingerprint density at radius 3 is 2.76 bits per heavy atom. The Morgan fingerprint density at radius 1 is 1.41 bits per heavy atom. The molecule has 0 bridgehead atoms. The predicted molar refractivity (Wildman–Crippen MR) is 69.8 cm³/mol. The predicted octanol–water partition coefficient (Wildman–Crippen LogP) is 2.60. The molecule has 2 unspecified atom stereocenters. The molecule has 1 fully saturated rings. The van der Waals surface area contributed by atoms with Crippen molar-refractivity contribution in [2.75, 3.05) is 19.7 Å². The van der Waals surface area contributed by atoms with Gasteiger partial charge in [-0.15, -0.1) is 0 Å². The number of rotatable bonds is 6. The number of carbonyl (C=O) groups is 1. The van der Waals surface area contributed by atoms with Crippen molar-refractivity contribution in [1.82, 2.24) is 5.32 Å². The summed E-state index contributed by atoms with van der Waals surface area (Å²) in [5.41, 5.74) is 0. The third kappa shape index (κ3) is 6.06. The van der Waals surface area contributed by atoms with Crippen LogP contribution in [-0.2, 0) is 9.53 Å². The van der Waals surface area contributed by atoms with Crippen molar-refractivity contribution < 1.29 is 9.53 Å². The van der Waals surface area contributed by atoms with E-state index in [1.54, 1.807) is 0 Å². The standard InChI is InChI=1S/C14H27NO2/c1-11(2)6-8-17-14(16)9-12(3)13-5-4-7-15-10-13/h11-13,15H,4-10H2,1-3H3. The van der Waals surface area contributed by atoms with Crippen LogP contribution in [0.5, 0.6) is 0 Å². The quantitative estimate of drug-likeness (QED) is 0.726. The third-order valence-corrected chi connectivity index (χ3v) is 3.59. The van der Waals surface area contributed by atoms with Crippen molar-refractivity contribution in [3.8, 4) is 0 Å². The van der Waals surface area contributed by atoms with Crippen LogP contribution in [0.1, 0.15) is 46.5 Å². The van der Waals surface area contributed by atoms with E-state index < -0.39 is 0 Å². The van der Waals surface area contributed by atoms with Gasteiger partial charge in [0.05, 0.1) is 6.61 Å². The van der Waals surface area contributed by atoms with E-state index in [4.69, 9.17) is 4.74 Å². The monoisotopic (exact) mass is 241 g/mol. The molecule has 1 heterocycles. The molecule has 1 saturated heterocycles. The summed E-state index contributed by atoms with van der Waals surface area (Å²) in [7, 11) is 0. The fraction of sp³-hybridized carbons (Fsp3) is 0.929. The molecule has 0 saturated carbocycles. The second kappa shape index (κ2) is 7.70. The van der Waals surface area contributed by atoms with E-state index in [9.17, 15) is 4.79 Å². The first-order valence-electron chi connectivity index (χ1n) is 6.96. The van der Waals surface area contributed by atoms with Gasteiger partial charge in [-0.25, -0.2) is 0 Å². The fourth-order valence-electron chi connectivity index (χ4n) is 2.26. The summed E-state index contributed by atoms with van der Waals surface area (Å²) in [6, 6.07) is 0. The second-order valence-corrected chi connectivity index (χ2v) is 5.69. The number of ether oxygens (including phenoxy) is 1. The van der Waals surface area contributed by atoms with E-state index in [1.165, 1.54) is 12.8 Å². The summed E-state index contributed by atoms with van der Waals surface area (Å²) >= 11 is 0. The zero-order valence-corrected chi connectivity index (χ0v) is 11.5. The lowest BCUT2D eigenvalue weighted by molar-refractivity contribution is -0.145. The summed E-state index contributed by atoms with van der Waals surface area (Å²) in [4.78, 5) is 11.6. The smallest absolute Gasteiger partial charge is 0.306 e. The van der Waals surface area contributed by atoms with Crippen molar-refractivity contribution in [3.63, 3.8) is 0 Å². The Morgan fingerprint density at radius 2 is 2.18 bits per heavy atom. The van der Waals surface area contributed by atoms with E-state index in [2.05, 4.69) is 26.1 Å². The molecule has 0 aromatic heterocycles. The minimum atomic E-state index is -0.0243. The average molecular weight is 241 g/mol. The third-order valence-electron chi connectivity index (χ3n) is 3.59. The molecular weight excluding hydrogens is 214 g/mol. The number of hydrogen-bond donors (Lipinski definition) is 1. The molecular formula is C14H27NO2. The van der Waals surface area contributed by atoms with E-state index in [-0.39, 0.29) is 5.97 Å². The SMILES string of the molecule is CC(C)CCOC(=O)CC(C)C1CCCNC1. The van der Waals surface area contributed by atoms with Crippen LogP contribution in [0, 0.1) is 17.8 Å². The minimum Gasteiger partial charge on any atom is -0.466 e. The van der Waals surface area contributed by atoms with Gasteiger partial charge in [0.1, 0.15) is 0 Å². The molecule has 1 aliphatic rings. The molecule has 2 atom stereocenters. The van der Waals surface area contributed by atoms with Crippen LogP contribution < -0.4 is 5.32 Å². The number of carbonyl (C=O) groups excluding carboxylic acids is 1. The maximum Gasteiger partial charge on any atom is 0.306 e. The van der Waals surface area contributed by atoms with Crippen LogP contribution in [0.2, 0.25) is 0 Å². The summed E-state index contributed by atoms with van der Waals surface area (Å²) in [6.07, 6.45) is 4.01. The Balaban J connectivity index is 2.15. The van der Waals surface area contributed by atoms with Gasteiger partial charge in [-0.2, -0.15) is 0 Å². The normalized spacial score (nSPS) is 22.5. The van der Waals surface area contributed by atoms with Gasteiger partial charge in [0.15, 0.2) is 0 Å². The van der Waals surface area contributed by atoms with Gasteiger partial charge in [0.2, 0.25) is 0 Å². The van der Waals surface area contributed by atoms with E-state index in [0.717, 1.165) is 19.5 Å². The maximum atomic E-state index is 11.6. The van der Waals surface area contributed by atoms with Crippen molar-refractivity contribution in [2.24, 2.45) is 17.8 Å². The second-order valence-electron chi connectivity index (χ2n) is 5.69. The summed E-state index contributed by atoms with van der Waals surface area (Å²) in [6.45, 7) is 9.21. The Hall–Kier alpha value is -0.570. The zero-order chi connectivity index (χ0) is 12.7. The van der Waals surface area contributed by atoms with E-state index in [0.29, 0.717) is 30.8 Å². The highest BCUT2D eigenvalue weighted by molar-refractivity contribution is 5.69. The van der Waals surface area contributed by atoms with E-state index in [1.807, 2.05) is 0 Å². The van der Waals surface area contributed by atoms with Crippen molar-refractivity contribution in [1.29, 1.82) is 0 Å². The summed E-state index contributed by atoms with van der Waals surface area (Å²) in [5.74, 6) is 1.65. The molecule has 3 nitrogen and oxygen atoms in total. The maximum absolute atomic E-state index is 11.6. The fourth-order valence-corrected chi connectivity index (χ4v) is 2.26. The van der Waals surface area contributed by atoms with Gasteiger partial charge >= 0.3 is 5.97 Å². The van der Waals surface area contributed by atoms with Crippen LogP contribution >= 0.6 is 0 Å². The highest BCUT2D eigenvalue weighted by Gasteiger charge is 2.22.